The number of amides is 1. The number of hydrogen-bond donors (Lipinski definition) is 1. The van der Waals surface area contributed by atoms with E-state index < -0.39 is 10.8 Å². The number of Topliss-reactive ketones (excluding diaryl/α,β-unsaturated/α-hetero) is 2. The van der Waals surface area contributed by atoms with E-state index in [1.165, 1.54) is 7.11 Å². The summed E-state index contributed by atoms with van der Waals surface area (Å²) < 4.78 is 5.08. The predicted molar refractivity (Wildman–Crippen MR) is 158 cm³/mol. The second kappa shape index (κ2) is 10.6. The fourth-order valence-electron chi connectivity index (χ4n) is 9.33. The molecule has 3 rings (SSSR count). The van der Waals surface area contributed by atoms with E-state index in [4.69, 9.17) is 4.74 Å². The van der Waals surface area contributed by atoms with Gasteiger partial charge in [-0.15, -0.1) is 0 Å². The van der Waals surface area contributed by atoms with Crippen LogP contribution in [-0.2, 0) is 14.3 Å². The number of alkyl carbamates (subject to hydrolysis) is 1. The minimum Gasteiger partial charge on any atom is -0.453 e. The van der Waals surface area contributed by atoms with Gasteiger partial charge in [-0.25, -0.2) is 4.79 Å². The number of carbonyl (C=O) groups is 3. The van der Waals surface area contributed by atoms with Crippen LogP contribution in [-0.4, -0.2) is 30.3 Å². The quantitative estimate of drug-likeness (QED) is 0.346. The van der Waals surface area contributed by atoms with Crippen molar-refractivity contribution in [3.05, 3.63) is 11.6 Å². The molecule has 2 saturated carbocycles. The van der Waals surface area contributed by atoms with Crippen molar-refractivity contribution in [2.75, 3.05) is 7.11 Å². The van der Waals surface area contributed by atoms with Crippen molar-refractivity contribution in [2.24, 2.45) is 44.8 Å². The van der Waals surface area contributed by atoms with E-state index in [1.807, 2.05) is 19.9 Å². The molecule has 0 aliphatic heterocycles. The second-order valence-corrected chi connectivity index (χ2v) is 16.0. The average Bonchev–Trinajstić information content (AvgIpc) is 2.84. The number of fused-ring (bicyclic) bond motifs is 1. The number of nitrogens with zero attached hydrogens (tertiary/aromatic N) is 1. The Morgan fingerprint density at radius 2 is 1.75 bits per heavy atom. The highest BCUT2D eigenvalue weighted by atomic mass is 16.5. The third-order valence-electron chi connectivity index (χ3n) is 12.3. The summed E-state index contributed by atoms with van der Waals surface area (Å²) in [5.74, 6) is 0.404. The molecule has 6 atom stereocenters. The van der Waals surface area contributed by atoms with Crippen molar-refractivity contribution in [1.29, 1.82) is 5.26 Å². The van der Waals surface area contributed by atoms with Gasteiger partial charge in [0.1, 0.15) is 11.9 Å². The summed E-state index contributed by atoms with van der Waals surface area (Å²) in [7, 11) is 1.43. The van der Waals surface area contributed by atoms with Gasteiger partial charge in [-0.1, -0.05) is 68.4 Å². The Bertz CT molecular complexity index is 1110. The van der Waals surface area contributed by atoms with Crippen molar-refractivity contribution in [2.45, 2.75) is 126 Å². The van der Waals surface area contributed by atoms with Crippen molar-refractivity contribution < 1.29 is 19.1 Å². The van der Waals surface area contributed by atoms with E-state index in [0.29, 0.717) is 12.3 Å². The van der Waals surface area contributed by atoms with Crippen LogP contribution in [0.15, 0.2) is 11.6 Å². The summed E-state index contributed by atoms with van der Waals surface area (Å²) in [4.78, 5) is 38.7. The van der Waals surface area contributed by atoms with Crippen LogP contribution in [0.25, 0.3) is 0 Å². The van der Waals surface area contributed by atoms with Gasteiger partial charge in [-0.2, -0.15) is 5.26 Å². The molecular formula is C34H54N2O4. The Morgan fingerprint density at radius 3 is 2.27 bits per heavy atom. The van der Waals surface area contributed by atoms with Gasteiger partial charge in [0.2, 0.25) is 0 Å². The third-order valence-corrected chi connectivity index (χ3v) is 12.3. The summed E-state index contributed by atoms with van der Waals surface area (Å²) in [5, 5.41) is 13.2. The van der Waals surface area contributed by atoms with E-state index in [1.54, 1.807) is 6.92 Å². The molecule has 40 heavy (non-hydrogen) atoms. The van der Waals surface area contributed by atoms with Gasteiger partial charge >= 0.3 is 6.09 Å². The molecule has 0 aromatic heterocycles. The van der Waals surface area contributed by atoms with Crippen LogP contribution in [0.1, 0.15) is 121 Å². The molecule has 0 saturated heterocycles. The highest BCUT2D eigenvalue weighted by Crippen LogP contribution is 2.68. The molecule has 3 aliphatic carbocycles. The Labute approximate surface area is 243 Å². The highest BCUT2D eigenvalue weighted by molar-refractivity contribution is 6.04. The summed E-state index contributed by atoms with van der Waals surface area (Å²) in [6, 6.07) is 2.19. The number of rotatable bonds is 7. The molecule has 3 aliphatic rings. The summed E-state index contributed by atoms with van der Waals surface area (Å²) in [6.07, 6.45) is 8.44. The second-order valence-electron chi connectivity index (χ2n) is 16.0. The molecule has 224 valence electrons. The zero-order valence-corrected chi connectivity index (χ0v) is 27.0. The molecular weight excluding hydrogens is 500 g/mol. The predicted octanol–water partition coefficient (Wildman–Crippen LogP) is 7.81. The van der Waals surface area contributed by atoms with Gasteiger partial charge in [0.15, 0.2) is 5.78 Å². The van der Waals surface area contributed by atoms with Crippen LogP contribution in [0, 0.1) is 56.2 Å². The Kier molecular flexibility index (Phi) is 8.57. The number of ketones is 2. The molecule has 2 fully saturated rings. The molecule has 0 aromatic rings. The summed E-state index contributed by atoms with van der Waals surface area (Å²) in [6.45, 7) is 21.7. The topological polar surface area (TPSA) is 96.3 Å². The Balaban J connectivity index is 2.04. The number of allylic oxidation sites excluding steroid dienone is 2. The molecule has 0 aromatic carbocycles. The minimum absolute atomic E-state index is 0.0193. The first-order valence-electron chi connectivity index (χ1n) is 15.2. The first kappa shape index (κ1) is 32.4. The lowest BCUT2D eigenvalue weighted by Crippen LogP contribution is -2.61. The molecule has 0 spiro atoms. The standard InChI is InChI=1S/C34H54N2O4/c1-22-19-29(3,4)14-16-34(22,36-28(39)40-11)17-15-30(5,6)33(10)13-12-25-31(7,8)27(38)24(21-35)20-32(25,9)26(33)18-23(2)37/h20,22,25-26H,12-19H2,1-11H3,(H,36,39)/t22?,25-,26+,32-,33+,34-/m0/s1. The van der Waals surface area contributed by atoms with Crippen molar-refractivity contribution in [3.8, 4) is 6.07 Å². The summed E-state index contributed by atoms with van der Waals surface area (Å²) in [5.41, 5.74) is -1.39. The van der Waals surface area contributed by atoms with Crippen LogP contribution in [0.2, 0.25) is 0 Å². The van der Waals surface area contributed by atoms with Gasteiger partial charge in [0, 0.05) is 17.4 Å². The van der Waals surface area contributed by atoms with E-state index in [0.717, 1.165) is 44.9 Å². The van der Waals surface area contributed by atoms with E-state index in [9.17, 15) is 19.6 Å². The number of nitriles is 1. The van der Waals surface area contributed by atoms with Crippen molar-refractivity contribution >= 4 is 17.7 Å². The van der Waals surface area contributed by atoms with E-state index in [2.05, 4.69) is 59.9 Å². The maximum absolute atomic E-state index is 13.3. The number of carbonyl (C=O) groups excluding carboxylic acids is 3. The van der Waals surface area contributed by atoms with Crippen LogP contribution in [0.3, 0.4) is 0 Å². The first-order chi connectivity index (χ1) is 18.2. The Morgan fingerprint density at radius 1 is 1.12 bits per heavy atom. The Hall–Kier alpha value is -2.16. The van der Waals surface area contributed by atoms with Crippen molar-refractivity contribution in [1.82, 2.24) is 5.32 Å². The molecule has 6 heteroatoms. The SMILES string of the molecule is COC(=O)N[C@]1(CCC(C)(C)[C@]2(C)CC[C@H]3C(C)(C)C(=O)C(C#N)=C[C@]3(C)[C@H]2CC(C)=O)CCC(C)(C)CC1C. The maximum atomic E-state index is 13.3. The molecule has 1 amide bonds. The van der Waals surface area contributed by atoms with Crippen LogP contribution >= 0.6 is 0 Å². The van der Waals surface area contributed by atoms with Gasteiger partial charge in [0.05, 0.1) is 12.7 Å². The minimum atomic E-state index is -0.659. The van der Waals surface area contributed by atoms with Crippen LogP contribution in [0.4, 0.5) is 4.79 Å². The summed E-state index contributed by atoms with van der Waals surface area (Å²) >= 11 is 0. The molecule has 1 N–H and O–H groups in total. The lowest BCUT2D eigenvalue weighted by atomic mass is 9.39. The molecule has 1 unspecified atom stereocenters. The lowest BCUT2D eigenvalue weighted by Gasteiger charge is -2.64. The fraction of sp³-hybridized carbons (Fsp3) is 0.824. The molecule has 0 heterocycles. The van der Waals surface area contributed by atoms with E-state index >= 15 is 0 Å². The monoisotopic (exact) mass is 554 g/mol. The van der Waals surface area contributed by atoms with Gasteiger partial charge in [-0.3, -0.25) is 4.79 Å². The molecule has 6 nitrogen and oxygen atoms in total. The number of methoxy groups -OCH3 is 1. The molecule has 0 radical (unpaired) electrons. The zero-order valence-electron chi connectivity index (χ0n) is 27.0. The third kappa shape index (κ3) is 5.39. The number of ether oxygens (including phenoxy) is 1. The van der Waals surface area contributed by atoms with Crippen LogP contribution < -0.4 is 5.32 Å². The number of hydrogen-bond acceptors (Lipinski definition) is 5. The fourth-order valence-corrected chi connectivity index (χ4v) is 9.33. The van der Waals surface area contributed by atoms with Crippen LogP contribution in [0.5, 0.6) is 0 Å². The van der Waals surface area contributed by atoms with Gasteiger partial charge in [-0.05, 0) is 91.3 Å². The van der Waals surface area contributed by atoms with Gasteiger partial charge < -0.3 is 14.8 Å². The van der Waals surface area contributed by atoms with Gasteiger partial charge in [0.25, 0.3) is 0 Å². The average molecular weight is 555 g/mol. The lowest BCUT2D eigenvalue weighted by molar-refractivity contribution is -0.156. The number of nitrogens with one attached hydrogen (secondary N) is 1. The normalized spacial score (nSPS) is 37.0. The van der Waals surface area contributed by atoms with E-state index in [-0.39, 0.29) is 56.9 Å². The maximum Gasteiger partial charge on any atom is 0.407 e. The molecule has 0 bridgehead atoms. The smallest absolute Gasteiger partial charge is 0.407 e. The highest BCUT2D eigenvalue weighted by Gasteiger charge is 2.63. The van der Waals surface area contributed by atoms with Crippen molar-refractivity contribution in [3.63, 3.8) is 0 Å². The zero-order chi connectivity index (χ0) is 30.5. The first-order valence-corrected chi connectivity index (χ1v) is 15.2. The largest absolute Gasteiger partial charge is 0.453 e.